The first-order chi connectivity index (χ1) is 9.68. The van der Waals surface area contributed by atoms with Crippen molar-refractivity contribution in [2.24, 2.45) is 0 Å². The van der Waals surface area contributed by atoms with Gasteiger partial charge in [0.1, 0.15) is 11.6 Å². The first-order valence-corrected chi connectivity index (χ1v) is 7.02. The number of ether oxygens (including phenoxy) is 2. The molecular formula is C14H19BClFO4. The normalized spacial score (nSPS) is 19.9. The second-order valence-electron chi connectivity index (χ2n) is 5.94. The van der Waals surface area contributed by atoms with Gasteiger partial charge in [-0.2, -0.15) is 0 Å². The van der Waals surface area contributed by atoms with Gasteiger partial charge < -0.3 is 18.8 Å². The van der Waals surface area contributed by atoms with Gasteiger partial charge in [-0.15, -0.1) is 0 Å². The van der Waals surface area contributed by atoms with Gasteiger partial charge in [-0.3, -0.25) is 0 Å². The minimum Gasteiger partial charge on any atom is -0.466 e. The Labute approximate surface area is 129 Å². The molecule has 0 aliphatic carbocycles. The van der Waals surface area contributed by atoms with Crippen molar-refractivity contribution in [1.29, 1.82) is 0 Å². The highest BCUT2D eigenvalue weighted by molar-refractivity contribution is 6.62. The van der Waals surface area contributed by atoms with Gasteiger partial charge in [-0.25, -0.2) is 4.39 Å². The highest BCUT2D eigenvalue weighted by atomic mass is 35.5. The molecule has 2 rings (SSSR count). The third-order valence-corrected chi connectivity index (χ3v) is 4.19. The SMILES string of the molecule is COCOc1cc(F)c(B2OC(C)(C)C(C)(C)O2)cc1Cl. The van der Waals surface area contributed by atoms with Crippen molar-refractivity contribution in [2.75, 3.05) is 13.9 Å². The largest absolute Gasteiger partial charge is 0.497 e. The smallest absolute Gasteiger partial charge is 0.466 e. The molecule has 0 saturated carbocycles. The van der Waals surface area contributed by atoms with Crippen LogP contribution in [0.3, 0.4) is 0 Å². The summed E-state index contributed by atoms with van der Waals surface area (Å²) in [5, 5.41) is 0.276. The number of halogens is 2. The zero-order valence-electron chi connectivity index (χ0n) is 12.8. The van der Waals surface area contributed by atoms with E-state index in [9.17, 15) is 4.39 Å². The summed E-state index contributed by atoms with van der Waals surface area (Å²) in [5.74, 6) is -0.278. The quantitative estimate of drug-likeness (QED) is 0.632. The van der Waals surface area contributed by atoms with Crippen LogP contribution in [0, 0.1) is 5.82 Å². The minimum atomic E-state index is -0.802. The predicted molar refractivity (Wildman–Crippen MR) is 79.6 cm³/mol. The maximum atomic E-state index is 14.3. The monoisotopic (exact) mass is 316 g/mol. The van der Waals surface area contributed by atoms with E-state index in [1.54, 1.807) is 0 Å². The van der Waals surface area contributed by atoms with Crippen LogP contribution in [0.15, 0.2) is 12.1 Å². The molecule has 0 bridgehead atoms. The molecule has 1 saturated heterocycles. The van der Waals surface area contributed by atoms with Gasteiger partial charge in [0.05, 0.1) is 16.2 Å². The summed E-state index contributed by atoms with van der Waals surface area (Å²) in [7, 11) is 0.673. The van der Waals surface area contributed by atoms with Gasteiger partial charge in [0.25, 0.3) is 0 Å². The molecule has 1 heterocycles. The average molecular weight is 317 g/mol. The number of rotatable bonds is 4. The van der Waals surface area contributed by atoms with E-state index < -0.39 is 24.1 Å². The fourth-order valence-corrected chi connectivity index (χ4v) is 2.15. The second-order valence-corrected chi connectivity index (χ2v) is 6.35. The lowest BCUT2D eigenvalue weighted by Gasteiger charge is -2.32. The van der Waals surface area contributed by atoms with Gasteiger partial charge in [0.15, 0.2) is 6.79 Å². The number of methoxy groups -OCH3 is 1. The fraction of sp³-hybridized carbons (Fsp3) is 0.571. The molecule has 0 atom stereocenters. The minimum absolute atomic E-state index is 0.00496. The maximum absolute atomic E-state index is 14.3. The summed E-state index contributed by atoms with van der Waals surface area (Å²) >= 11 is 6.10. The average Bonchev–Trinajstić information content (AvgIpc) is 2.59. The van der Waals surface area contributed by atoms with Crippen molar-refractivity contribution >= 4 is 24.2 Å². The molecule has 7 heteroatoms. The van der Waals surface area contributed by atoms with Crippen molar-refractivity contribution in [3.63, 3.8) is 0 Å². The number of hydrogen-bond donors (Lipinski definition) is 0. The van der Waals surface area contributed by atoms with Crippen LogP contribution in [-0.2, 0) is 14.0 Å². The topological polar surface area (TPSA) is 36.9 Å². The summed E-state index contributed by atoms with van der Waals surface area (Å²) in [5.41, 5.74) is -0.827. The molecule has 0 amide bonds. The zero-order chi connectivity index (χ0) is 15.8. The standard InChI is InChI=1S/C14H19BClFO4/c1-13(2)14(3,4)21-15(20-13)9-6-10(16)12(7-11(9)17)19-8-18-5/h6-7H,8H2,1-5H3. The van der Waals surface area contributed by atoms with Crippen molar-refractivity contribution < 1.29 is 23.2 Å². The molecule has 1 aromatic carbocycles. The summed E-state index contributed by atoms with van der Waals surface area (Å²) in [6.07, 6.45) is 0. The third-order valence-electron chi connectivity index (χ3n) is 3.89. The van der Waals surface area contributed by atoms with E-state index in [4.69, 9.17) is 30.4 Å². The Bertz CT molecular complexity index is 520. The van der Waals surface area contributed by atoms with Gasteiger partial charge >= 0.3 is 7.12 Å². The van der Waals surface area contributed by atoms with E-state index in [0.29, 0.717) is 0 Å². The van der Waals surface area contributed by atoms with Crippen LogP contribution in [0.4, 0.5) is 4.39 Å². The second kappa shape index (κ2) is 5.76. The molecule has 21 heavy (non-hydrogen) atoms. The molecule has 0 radical (unpaired) electrons. The molecular weight excluding hydrogens is 297 g/mol. The van der Waals surface area contributed by atoms with E-state index in [1.807, 2.05) is 27.7 Å². The first-order valence-electron chi connectivity index (χ1n) is 6.64. The Morgan fingerprint density at radius 3 is 2.29 bits per heavy atom. The number of hydrogen-bond acceptors (Lipinski definition) is 4. The molecule has 1 aliphatic rings. The lowest BCUT2D eigenvalue weighted by atomic mass is 9.78. The van der Waals surface area contributed by atoms with Crippen LogP contribution in [0.2, 0.25) is 5.02 Å². The van der Waals surface area contributed by atoms with E-state index in [0.717, 1.165) is 0 Å². The molecule has 1 aromatic rings. The Kier molecular flexibility index (Phi) is 4.54. The highest BCUT2D eigenvalue weighted by Gasteiger charge is 2.52. The Hall–Kier alpha value is -0.815. The molecule has 1 fully saturated rings. The molecule has 0 unspecified atom stereocenters. The van der Waals surface area contributed by atoms with Crippen molar-refractivity contribution in [1.82, 2.24) is 0 Å². The van der Waals surface area contributed by atoms with Crippen LogP contribution in [0.1, 0.15) is 27.7 Å². The van der Waals surface area contributed by atoms with E-state index in [-0.39, 0.29) is 23.0 Å². The van der Waals surface area contributed by atoms with Crippen molar-refractivity contribution in [2.45, 2.75) is 38.9 Å². The number of benzene rings is 1. The van der Waals surface area contributed by atoms with Crippen LogP contribution in [-0.4, -0.2) is 32.2 Å². The molecule has 0 aromatic heterocycles. The van der Waals surface area contributed by atoms with E-state index >= 15 is 0 Å². The summed E-state index contributed by atoms with van der Waals surface area (Å²) in [6, 6.07) is 2.67. The highest BCUT2D eigenvalue weighted by Crippen LogP contribution is 2.37. The third kappa shape index (κ3) is 3.18. The van der Waals surface area contributed by atoms with E-state index in [1.165, 1.54) is 19.2 Å². The lowest BCUT2D eigenvalue weighted by Crippen LogP contribution is -2.41. The predicted octanol–water partition coefficient (Wildman–Crippen LogP) is 2.76. The summed E-state index contributed by atoms with van der Waals surface area (Å²) in [6.45, 7) is 7.62. The first kappa shape index (κ1) is 16.6. The molecule has 1 aliphatic heterocycles. The molecule has 0 spiro atoms. The van der Waals surface area contributed by atoms with Gasteiger partial charge in [-0.1, -0.05) is 11.6 Å². The Morgan fingerprint density at radius 1 is 1.19 bits per heavy atom. The Morgan fingerprint density at radius 2 is 1.76 bits per heavy atom. The zero-order valence-corrected chi connectivity index (χ0v) is 13.6. The van der Waals surface area contributed by atoms with Crippen molar-refractivity contribution in [3.05, 3.63) is 23.0 Å². The van der Waals surface area contributed by atoms with Crippen LogP contribution in [0.25, 0.3) is 0 Å². The molecule has 0 N–H and O–H groups in total. The fourth-order valence-electron chi connectivity index (χ4n) is 1.93. The summed E-state index contributed by atoms with van der Waals surface area (Å²) < 4.78 is 35.9. The van der Waals surface area contributed by atoms with Crippen molar-refractivity contribution in [3.8, 4) is 5.75 Å². The summed E-state index contributed by atoms with van der Waals surface area (Å²) in [4.78, 5) is 0. The molecule has 4 nitrogen and oxygen atoms in total. The van der Waals surface area contributed by atoms with Gasteiger partial charge in [0, 0.05) is 18.6 Å². The molecule has 116 valence electrons. The lowest BCUT2D eigenvalue weighted by molar-refractivity contribution is 0.00578. The van der Waals surface area contributed by atoms with Gasteiger partial charge in [0.2, 0.25) is 0 Å². The van der Waals surface area contributed by atoms with Gasteiger partial charge in [-0.05, 0) is 33.8 Å². The van der Waals surface area contributed by atoms with Crippen LogP contribution >= 0.6 is 11.6 Å². The van der Waals surface area contributed by atoms with Crippen LogP contribution in [0.5, 0.6) is 5.75 Å². The Balaban J connectivity index is 2.28. The maximum Gasteiger partial charge on any atom is 0.497 e. The van der Waals surface area contributed by atoms with Crippen LogP contribution < -0.4 is 10.2 Å². The van der Waals surface area contributed by atoms with E-state index in [2.05, 4.69) is 0 Å².